The average Bonchev–Trinajstić information content (AvgIpc) is 2.90. The lowest BCUT2D eigenvalue weighted by Crippen LogP contribution is -2.09. The van der Waals surface area contributed by atoms with Gasteiger partial charge >= 0.3 is 11.6 Å². The summed E-state index contributed by atoms with van der Waals surface area (Å²) in [6.45, 7) is 7.64. The van der Waals surface area contributed by atoms with E-state index in [0.717, 1.165) is 27.8 Å². The number of carbonyl (C=O) groups is 1. The third-order valence-electron chi connectivity index (χ3n) is 4.59. The summed E-state index contributed by atoms with van der Waals surface area (Å²) in [4.78, 5) is 23.9. The summed E-state index contributed by atoms with van der Waals surface area (Å²) in [5.74, 6) is 0.378. The summed E-state index contributed by atoms with van der Waals surface area (Å²) in [6.07, 6.45) is 0.733. The number of esters is 1. The smallest absolute Gasteiger partial charge is 0.336 e. The zero-order valence-corrected chi connectivity index (χ0v) is 15.3. The van der Waals surface area contributed by atoms with Gasteiger partial charge < -0.3 is 13.7 Å². The topological polar surface area (TPSA) is 82.5 Å². The van der Waals surface area contributed by atoms with E-state index in [1.54, 1.807) is 0 Å². The van der Waals surface area contributed by atoms with Crippen molar-refractivity contribution < 1.29 is 18.5 Å². The Morgan fingerprint density at radius 1 is 1.12 bits per heavy atom. The highest BCUT2D eigenvalue weighted by Gasteiger charge is 2.13. The number of hydrogen-bond donors (Lipinski definition) is 0. The van der Waals surface area contributed by atoms with Crippen LogP contribution < -0.4 is 5.63 Å². The van der Waals surface area contributed by atoms with Gasteiger partial charge in [-0.2, -0.15) is 0 Å². The summed E-state index contributed by atoms with van der Waals surface area (Å²) in [6, 6.07) is 5.15. The number of ether oxygens (including phenoxy) is 1. The van der Waals surface area contributed by atoms with Crippen LogP contribution in [0.5, 0.6) is 0 Å². The van der Waals surface area contributed by atoms with Crippen molar-refractivity contribution >= 4 is 16.9 Å². The summed E-state index contributed by atoms with van der Waals surface area (Å²) in [7, 11) is 0. The van der Waals surface area contributed by atoms with E-state index in [0.29, 0.717) is 23.3 Å². The Morgan fingerprint density at radius 2 is 1.85 bits per heavy atom. The van der Waals surface area contributed by atoms with Crippen LogP contribution in [0.15, 0.2) is 31.9 Å². The highest BCUT2D eigenvalue weighted by molar-refractivity contribution is 5.82. The molecule has 3 rings (SSSR count). The van der Waals surface area contributed by atoms with Crippen molar-refractivity contribution in [3.63, 3.8) is 0 Å². The molecular weight excluding hydrogens is 334 g/mol. The van der Waals surface area contributed by atoms with Crippen molar-refractivity contribution in [2.45, 2.75) is 47.1 Å². The van der Waals surface area contributed by atoms with Gasteiger partial charge in [0.25, 0.3) is 0 Å². The Balaban J connectivity index is 1.72. The van der Waals surface area contributed by atoms with Gasteiger partial charge in [0, 0.05) is 29.0 Å². The van der Waals surface area contributed by atoms with E-state index >= 15 is 0 Å². The van der Waals surface area contributed by atoms with Crippen LogP contribution in [0.3, 0.4) is 0 Å². The molecule has 0 aliphatic rings. The first-order valence-corrected chi connectivity index (χ1v) is 8.46. The SMILES string of the molecule is Cc1cc2oc(=O)cc(COC(=O)CCc3c(C)noc3C)c2cc1C. The van der Waals surface area contributed by atoms with Gasteiger partial charge in [-0.3, -0.25) is 4.79 Å². The number of nitrogens with zero attached hydrogens (tertiary/aromatic N) is 1. The first-order valence-electron chi connectivity index (χ1n) is 8.46. The maximum Gasteiger partial charge on any atom is 0.336 e. The van der Waals surface area contributed by atoms with Crippen LogP contribution in [0.1, 0.15) is 40.1 Å². The summed E-state index contributed by atoms with van der Waals surface area (Å²) in [5.41, 5.74) is 4.52. The monoisotopic (exact) mass is 355 g/mol. The van der Waals surface area contributed by atoms with Gasteiger partial charge in [-0.15, -0.1) is 0 Å². The van der Waals surface area contributed by atoms with E-state index in [-0.39, 0.29) is 19.0 Å². The lowest BCUT2D eigenvalue weighted by molar-refractivity contribution is -0.144. The van der Waals surface area contributed by atoms with Crippen LogP contribution in [0.4, 0.5) is 0 Å². The van der Waals surface area contributed by atoms with E-state index < -0.39 is 5.63 Å². The van der Waals surface area contributed by atoms with E-state index in [1.165, 1.54) is 6.07 Å². The van der Waals surface area contributed by atoms with Crippen LogP contribution >= 0.6 is 0 Å². The van der Waals surface area contributed by atoms with Gasteiger partial charge in [0.2, 0.25) is 0 Å². The summed E-state index contributed by atoms with van der Waals surface area (Å²) in [5, 5.41) is 4.66. The van der Waals surface area contributed by atoms with Gasteiger partial charge in [-0.05, 0) is 57.4 Å². The standard InChI is InChI=1S/C20H21NO5/c1-11-7-17-15(9-20(23)25-18(17)8-12(11)2)10-24-19(22)6-5-16-13(3)21-26-14(16)4/h7-9H,5-6,10H2,1-4H3. The predicted molar refractivity (Wildman–Crippen MR) is 96.1 cm³/mol. The fourth-order valence-corrected chi connectivity index (χ4v) is 2.92. The molecule has 0 N–H and O–H groups in total. The quantitative estimate of drug-likeness (QED) is 0.513. The molecule has 6 heteroatoms. The molecule has 0 aliphatic carbocycles. The molecule has 0 saturated carbocycles. The van der Waals surface area contributed by atoms with E-state index in [9.17, 15) is 9.59 Å². The fourth-order valence-electron chi connectivity index (χ4n) is 2.92. The van der Waals surface area contributed by atoms with Crippen molar-refractivity contribution in [2.75, 3.05) is 0 Å². The maximum atomic E-state index is 12.1. The molecule has 3 aromatic rings. The van der Waals surface area contributed by atoms with Crippen molar-refractivity contribution in [3.05, 3.63) is 62.3 Å². The highest BCUT2D eigenvalue weighted by Crippen LogP contribution is 2.22. The number of rotatable bonds is 5. The highest BCUT2D eigenvalue weighted by atomic mass is 16.5. The minimum Gasteiger partial charge on any atom is -0.461 e. The van der Waals surface area contributed by atoms with E-state index in [1.807, 2.05) is 39.8 Å². The first kappa shape index (κ1) is 17.9. The number of benzene rings is 1. The van der Waals surface area contributed by atoms with Crippen LogP contribution in [0.2, 0.25) is 0 Å². The van der Waals surface area contributed by atoms with E-state index in [4.69, 9.17) is 13.7 Å². The molecule has 0 radical (unpaired) electrons. The average molecular weight is 355 g/mol. The predicted octanol–water partition coefficient (Wildman–Crippen LogP) is 3.69. The zero-order chi connectivity index (χ0) is 18.8. The van der Waals surface area contributed by atoms with Crippen molar-refractivity contribution in [2.24, 2.45) is 0 Å². The second kappa shape index (κ2) is 7.15. The van der Waals surface area contributed by atoms with Crippen LogP contribution in [0, 0.1) is 27.7 Å². The molecule has 0 bridgehead atoms. The lowest BCUT2D eigenvalue weighted by Gasteiger charge is -2.09. The summed E-state index contributed by atoms with van der Waals surface area (Å²) >= 11 is 0. The number of aromatic nitrogens is 1. The molecule has 0 amide bonds. The third kappa shape index (κ3) is 3.69. The normalized spacial score (nSPS) is 11.1. The van der Waals surface area contributed by atoms with Crippen LogP contribution in [0.25, 0.3) is 11.0 Å². The Morgan fingerprint density at radius 3 is 2.54 bits per heavy atom. The number of carbonyl (C=O) groups excluding carboxylic acids is 1. The number of aryl methyl sites for hydroxylation is 4. The zero-order valence-electron chi connectivity index (χ0n) is 15.3. The van der Waals surface area contributed by atoms with Gasteiger partial charge in [0.1, 0.15) is 18.0 Å². The Kier molecular flexibility index (Phi) is 4.93. The van der Waals surface area contributed by atoms with Gasteiger partial charge in [0.15, 0.2) is 0 Å². The minimum absolute atomic E-state index is 0.0328. The molecule has 0 unspecified atom stereocenters. The number of fused-ring (bicyclic) bond motifs is 1. The largest absolute Gasteiger partial charge is 0.461 e. The molecule has 0 spiro atoms. The molecule has 2 aromatic heterocycles. The first-order chi connectivity index (χ1) is 12.3. The third-order valence-corrected chi connectivity index (χ3v) is 4.59. The van der Waals surface area contributed by atoms with Crippen molar-refractivity contribution in [3.8, 4) is 0 Å². The van der Waals surface area contributed by atoms with Crippen LogP contribution in [-0.2, 0) is 22.6 Å². The minimum atomic E-state index is -0.456. The molecule has 0 fully saturated rings. The van der Waals surface area contributed by atoms with Gasteiger partial charge in [0.05, 0.1) is 5.69 Å². The van der Waals surface area contributed by atoms with Gasteiger partial charge in [-0.1, -0.05) is 5.16 Å². The van der Waals surface area contributed by atoms with Crippen LogP contribution in [-0.4, -0.2) is 11.1 Å². The molecule has 2 heterocycles. The second-order valence-corrected chi connectivity index (χ2v) is 6.49. The molecule has 0 saturated heterocycles. The Labute approximate surface area is 150 Å². The van der Waals surface area contributed by atoms with Crippen molar-refractivity contribution in [1.29, 1.82) is 0 Å². The molecule has 0 aliphatic heterocycles. The molecule has 136 valence electrons. The Hall–Kier alpha value is -2.89. The van der Waals surface area contributed by atoms with Crippen molar-refractivity contribution in [1.82, 2.24) is 5.16 Å². The molecular formula is C20H21NO5. The molecule has 26 heavy (non-hydrogen) atoms. The Bertz CT molecular complexity index is 1010. The second-order valence-electron chi connectivity index (χ2n) is 6.49. The lowest BCUT2D eigenvalue weighted by atomic mass is 10.0. The molecule has 0 atom stereocenters. The molecule has 1 aromatic carbocycles. The van der Waals surface area contributed by atoms with E-state index in [2.05, 4.69) is 5.16 Å². The summed E-state index contributed by atoms with van der Waals surface area (Å²) < 4.78 is 15.7. The molecule has 6 nitrogen and oxygen atoms in total. The fraction of sp³-hybridized carbons (Fsp3) is 0.350. The van der Waals surface area contributed by atoms with Gasteiger partial charge in [-0.25, -0.2) is 4.79 Å². The maximum absolute atomic E-state index is 12.1. The number of hydrogen-bond acceptors (Lipinski definition) is 6.